The van der Waals surface area contributed by atoms with Gasteiger partial charge in [0.15, 0.2) is 0 Å². The van der Waals surface area contributed by atoms with Gasteiger partial charge in [-0.1, -0.05) is 11.6 Å². The quantitative estimate of drug-likeness (QED) is 0.784. The number of benzene rings is 1. The van der Waals surface area contributed by atoms with Gasteiger partial charge in [0, 0.05) is 18.3 Å². The van der Waals surface area contributed by atoms with E-state index in [2.05, 4.69) is 62.7 Å². The predicted molar refractivity (Wildman–Crippen MR) is 72.4 cm³/mol. The average Bonchev–Trinajstić information content (AvgIpc) is 2.59. The number of nitrogens with zero attached hydrogens (tertiary/aromatic N) is 1. The molecule has 0 saturated carbocycles. The number of hydrogen-bond donors (Lipinski definition) is 0. The van der Waals surface area contributed by atoms with Crippen molar-refractivity contribution in [1.29, 1.82) is 0 Å². The minimum Gasteiger partial charge on any atom is -0.374 e. The van der Waals surface area contributed by atoms with Crippen LogP contribution in [-0.4, -0.2) is 16.8 Å². The van der Waals surface area contributed by atoms with Crippen LogP contribution >= 0.6 is 0 Å². The number of aryl methyl sites for hydroxylation is 1. The number of fused-ring (bicyclic) bond motifs is 1. The van der Waals surface area contributed by atoms with Crippen LogP contribution in [0.5, 0.6) is 0 Å². The summed E-state index contributed by atoms with van der Waals surface area (Å²) < 4.78 is 8.00. The van der Waals surface area contributed by atoms with E-state index in [1.807, 2.05) is 0 Å². The Hall–Kier alpha value is -1.28. The van der Waals surface area contributed by atoms with Crippen LogP contribution in [0.4, 0.5) is 0 Å². The molecule has 0 unspecified atom stereocenters. The summed E-state index contributed by atoms with van der Waals surface area (Å²) in [5.74, 6) is 0. The molecule has 0 amide bonds. The number of rotatable bonds is 3. The lowest BCUT2D eigenvalue weighted by Gasteiger charge is -2.19. The summed E-state index contributed by atoms with van der Waals surface area (Å²) in [5, 5.41) is 1.31. The van der Waals surface area contributed by atoms with Gasteiger partial charge in [0.25, 0.3) is 0 Å². The van der Waals surface area contributed by atoms with E-state index < -0.39 is 0 Å². The van der Waals surface area contributed by atoms with Crippen molar-refractivity contribution < 1.29 is 4.74 Å². The highest BCUT2D eigenvalue weighted by Crippen LogP contribution is 2.17. The zero-order chi connectivity index (χ0) is 12.5. The molecule has 0 aliphatic carbocycles. The predicted octanol–water partition coefficient (Wildman–Crippen LogP) is 3.76. The number of hydrogen-bond acceptors (Lipinski definition) is 1. The lowest BCUT2D eigenvalue weighted by Crippen LogP contribution is -2.21. The first-order valence-corrected chi connectivity index (χ1v) is 6.15. The average molecular weight is 231 g/mol. The van der Waals surface area contributed by atoms with Crippen LogP contribution < -0.4 is 0 Å². The monoisotopic (exact) mass is 231 g/mol. The molecule has 0 spiro atoms. The van der Waals surface area contributed by atoms with Crippen LogP contribution in [0.2, 0.25) is 0 Å². The van der Waals surface area contributed by atoms with Crippen molar-refractivity contribution in [1.82, 2.24) is 4.57 Å². The van der Waals surface area contributed by atoms with Crippen LogP contribution in [0.15, 0.2) is 30.5 Å². The molecule has 0 saturated heterocycles. The third-order valence-electron chi connectivity index (χ3n) is 2.79. The molecule has 2 nitrogen and oxygen atoms in total. The molecular formula is C15H21NO. The molecule has 0 atom stereocenters. The van der Waals surface area contributed by atoms with Crippen molar-refractivity contribution in [3.05, 3.63) is 36.0 Å². The summed E-state index contributed by atoms with van der Waals surface area (Å²) in [6.45, 7) is 10.0. The largest absolute Gasteiger partial charge is 0.374 e. The van der Waals surface area contributed by atoms with Crippen LogP contribution in [0, 0.1) is 6.92 Å². The van der Waals surface area contributed by atoms with Crippen molar-refractivity contribution in [3.63, 3.8) is 0 Å². The summed E-state index contributed by atoms with van der Waals surface area (Å²) in [6, 6.07) is 8.72. The van der Waals surface area contributed by atoms with Crippen LogP contribution in [0.25, 0.3) is 10.9 Å². The molecule has 0 bridgehead atoms. The first kappa shape index (κ1) is 12.2. The normalized spacial score (nSPS) is 12.2. The Morgan fingerprint density at radius 3 is 2.65 bits per heavy atom. The maximum absolute atomic E-state index is 5.75. The number of ether oxygens (including phenoxy) is 1. The van der Waals surface area contributed by atoms with Gasteiger partial charge in [0.1, 0.15) is 0 Å². The van der Waals surface area contributed by atoms with E-state index in [0.29, 0.717) is 0 Å². The van der Waals surface area contributed by atoms with Crippen molar-refractivity contribution in [2.45, 2.75) is 39.8 Å². The van der Waals surface area contributed by atoms with Crippen LogP contribution in [0.3, 0.4) is 0 Å². The molecule has 1 aromatic heterocycles. The zero-order valence-corrected chi connectivity index (χ0v) is 11.2. The molecule has 1 heterocycles. The SMILES string of the molecule is Cc1ccc2c(ccn2CCOC(C)(C)C)c1. The summed E-state index contributed by atoms with van der Waals surface area (Å²) in [7, 11) is 0. The van der Waals surface area contributed by atoms with Gasteiger partial charge in [-0.3, -0.25) is 0 Å². The molecule has 2 heteroatoms. The van der Waals surface area contributed by atoms with Gasteiger partial charge in [0.05, 0.1) is 12.2 Å². The van der Waals surface area contributed by atoms with Gasteiger partial charge in [-0.05, 0) is 51.3 Å². The second-order valence-corrected chi connectivity index (χ2v) is 5.53. The molecule has 2 aromatic rings. The van der Waals surface area contributed by atoms with Gasteiger partial charge >= 0.3 is 0 Å². The maximum atomic E-state index is 5.75. The molecule has 92 valence electrons. The van der Waals surface area contributed by atoms with Gasteiger partial charge in [-0.25, -0.2) is 0 Å². The first-order valence-electron chi connectivity index (χ1n) is 6.15. The van der Waals surface area contributed by atoms with Gasteiger partial charge in [-0.15, -0.1) is 0 Å². The van der Waals surface area contributed by atoms with E-state index >= 15 is 0 Å². The van der Waals surface area contributed by atoms with Crippen molar-refractivity contribution in [2.24, 2.45) is 0 Å². The molecule has 0 N–H and O–H groups in total. The second kappa shape index (κ2) is 4.53. The minimum absolute atomic E-state index is 0.0560. The molecular weight excluding hydrogens is 210 g/mol. The number of aromatic nitrogens is 1. The lowest BCUT2D eigenvalue weighted by atomic mass is 10.2. The molecule has 17 heavy (non-hydrogen) atoms. The standard InChI is InChI=1S/C15H21NO/c1-12-5-6-14-13(11-12)7-8-16(14)9-10-17-15(2,3)4/h5-8,11H,9-10H2,1-4H3. The fourth-order valence-corrected chi connectivity index (χ4v) is 1.96. The Morgan fingerprint density at radius 1 is 1.18 bits per heavy atom. The fourth-order valence-electron chi connectivity index (χ4n) is 1.96. The van der Waals surface area contributed by atoms with E-state index in [9.17, 15) is 0 Å². The Morgan fingerprint density at radius 2 is 1.94 bits per heavy atom. The third-order valence-corrected chi connectivity index (χ3v) is 2.79. The zero-order valence-electron chi connectivity index (χ0n) is 11.2. The van der Waals surface area contributed by atoms with Gasteiger partial charge in [0.2, 0.25) is 0 Å². The van der Waals surface area contributed by atoms with E-state index in [1.165, 1.54) is 16.5 Å². The van der Waals surface area contributed by atoms with Gasteiger partial charge < -0.3 is 9.30 Å². The van der Waals surface area contributed by atoms with Crippen molar-refractivity contribution in [3.8, 4) is 0 Å². The van der Waals surface area contributed by atoms with Crippen LogP contribution in [-0.2, 0) is 11.3 Å². The molecule has 0 radical (unpaired) electrons. The van der Waals surface area contributed by atoms with E-state index in [0.717, 1.165) is 13.2 Å². The van der Waals surface area contributed by atoms with E-state index in [-0.39, 0.29) is 5.60 Å². The summed E-state index contributed by atoms with van der Waals surface area (Å²) in [4.78, 5) is 0. The summed E-state index contributed by atoms with van der Waals surface area (Å²) in [6.07, 6.45) is 2.14. The molecule has 0 fully saturated rings. The highest BCUT2D eigenvalue weighted by atomic mass is 16.5. The molecule has 2 rings (SSSR count). The summed E-state index contributed by atoms with van der Waals surface area (Å²) >= 11 is 0. The Kier molecular flexibility index (Phi) is 3.25. The smallest absolute Gasteiger partial charge is 0.0652 e. The van der Waals surface area contributed by atoms with Crippen molar-refractivity contribution in [2.75, 3.05) is 6.61 Å². The molecule has 0 aliphatic heterocycles. The topological polar surface area (TPSA) is 14.2 Å². The van der Waals surface area contributed by atoms with Crippen LogP contribution in [0.1, 0.15) is 26.3 Å². The minimum atomic E-state index is -0.0560. The maximum Gasteiger partial charge on any atom is 0.0652 e. The summed E-state index contributed by atoms with van der Waals surface area (Å²) in [5.41, 5.74) is 2.54. The highest BCUT2D eigenvalue weighted by Gasteiger charge is 2.09. The van der Waals surface area contributed by atoms with Crippen molar-refractivity contribution >= 4 is 10.9 Å². The third kappa shape index (κ3) is 3.10. The highest BCUT2D eigenvalue weighted by molar-refractivity contribution is 5.80. The van der Waals surface area contributed by atoms with E-state index in [1.54, 1.807) is 0 Å². The second-order valence-electron chi connectivity index (χ2n) is 5.53. The molecule has 1 aromatic carbocycles. The molecule has 0 aliphatic rings. The Balaban J connectivity index is 2.09. The lowest BCUT2D eigenvalue weighted by molar-refractivity contribution is -0.00644. The van der Waals surface area contributed by atoms with E-state index in [4.69, 9.17) is 4.74 Å². The Labute approximate surface area is 103 Å². The van der Waals surface area contributed by atoms with Gasteiger partial charge in [-0.2, -0.15) is 0 Å². The first-order chi connectivity index (χ1) is 7.96. The fraction of sp³-hybridized carbons (Fsp3) is 0.467. The Bertz CT molecular complexity index is 505.